The van der Waals surface area contributed by atoms with Gasteiger partial charge in [-0.25, -0.2) is 0 Å². The lowest BCUT2D eigenvalue weighted by Gasteiger charge is -1.97. The van der Waals surface area contributed by atoms with Gasteiger partial charge in [0.25, 0.3) is 0 Å². The van der Waals surface area contributed by atoms with Crippen LogP contribution < -0.4 is 0 Å². The molecule has 0 atom stereocenters. The Morgan fingerprint density at radius 2 is 1.92 bits per heavy atom. The molecular weight excluding hydrogens is 168 g/mol. The second kappa shape index (κ2) is 4.78. The summed E-state index contributed by atoms with van der Waals surface area (Å²) >= 11 is 4.77. The molecule has 0 fully saturated rings. The molecule has 1 rings (SSSR count). The van der Waals surface area contributed by atoms with Crippen molar-refractivity contribution in [2.24, 2.45) is 0 Å². The maximum Gasteiger partial charge on any atom is 0.120 e. The topological polar surface area (TPSA) is 17.1 Å². The molecular formula is C10H10OS. The summed E-state index contributed by atoms with van der Waals surface area (Å²) in [7, 11) is 0. The fraction of sp³-hybridized carbons (Fsp3) is 0.200. The Labute approximate surface area is 77.4 Å². The summed E-state index contributed by atoms with van der Waals surface area (Å²) in [6.45, 7) is 0. The standard InChI is InChI=1S/C10H10OS/c11-7-1-2-9-3-5-10(8-12)6-4-9/h3-8H,1-2H2. The van der Waals surface area contributed by atoms with Crippen LogP contribution in [0.4, 0.5) is 0 Å². The molecule has 0 amide bonds. The predicted molar refractivity (Wildman–Crippen MR) is 53.6 cm³/mol. The van der Waals surface area contributed by atoms with Crippen LogP contribution in [0.3, 0.4) is 0 Å². The van der Waals surface area contributed by atoms with E-state index in [-0.39, 0.29) is 0 Å². The highest BCUT2D eigenvalue weighted by molar-refractivity contribution is 7.79. The molecule has 0 aliphatic carbocycles. The zero-order valence-electron chi connectivity index (χ0n) is 6.69. The normalized spacial score (nSPS) is 9.33. The number of carbonyl (C=O) groups excluding carboxylic acids is 1. The third-order valence-electron chi connectivity index (χ3n) is 1.67. The van der Waals surface area contributed by atoms with Crippen molar-refractivity contribution in [2.45, 2.75) is 12.8 Å². The van der Waals surface area contributed by atoms with E-state index in [4.69, 9.17) is 12.2 Å². The molecule has 1 aromatic carbocycles. The van der Waals surface area contributed by atoms with E-state index in [0.29, 0.717) is 6.42 Å². The van der Waals surface area contributed by atoms with E-state index < -0.39 is 0 Å². The number of benzene rings is 1. The van der Waals surface area contributed by atoms with Crippen molar-refractivity contribution in [3.63, 3.8) is 0 Å². The van der Waals surface area contributed by atoms with E-state index in [9.17, 15) is 4.79 Å². The molecule has 0 saturated heterocycles. The van der Waals surface area contributed by atoms with Gasteiger partial charge in [-0.15, -0.1) is 0 Å². The lowest BCUT2D eigenvalue weighted by atomic mass is 10.1. The summed E-state index contributed by atoms with van der Waals surface area (Å²) < 4.78 is 0. The molecule has 0 bridgehead atoms. The van der Waals surface area contributed by atoms with Crippen LogP contribution in [-0.4, -0.2) is 11.7 Å². The third-order valence-corrected chi connectivity index (χ3v) is 1.94. The van der Waals surface area contributed by atoms with Gasteiger partial charge in [-0.3, -0.25) is 0 Å². The van der Waals surface area contributed by atoms with Crippen molar-refractivity contribution in [1.82, 2.24) is 0 Å². The lowest BCUT2D eigenvalue weighted by Crippen LogP contribution is -1.86. The molecule has 0 aromatic heterocycles. The Morgan fingerprint density at radius 3 is 2.42 bits per heavy atom. The van der Waals surface area contributed by atoms with E-state index >= 15 is 0 Å². The number of thiocarbonyl (C=S) groups is 1. The molecule has 0 heterocycles. The quantitative estimate of drug-likeness (QED) is 0.519. The number of rotatable bonds is 4. The number of hydrogen-bond acceptors (Lipinski definition) is 2. The molecule has 1 aromatic rings. The zero-order chi connectivity index (χ0) is 8.81. The number of hydrogen-bond donors (Lipinski definition) is 0. The summed E-state index contributed by atoms with van der Waals surface area (Å²) in [5.41, 5.74) is 2.22. The predicted octanol–water partition coefficient (Wildman–Crippen LogP) is 2.17. The van der Waals surface area contributed by atoms with Gasteiger partial charge in [0.2, 0.25) is 0 Å². The minimum absolute atomic E-state index is 0.594. The molecule has 0 radical (unpaired) electrons. The van der Waals surface area contributed by atoms with Crippen LogP contribution in [0, 0.1) is 0 Å². The highest BCUT2D eigenvalue weighted by Gasteiger charge is 1.91. The second-order valence-corrected chi connectivity index (χ2v) is 2.80. The summed E-state index contributed by atoms with van der Waals surface area (Å²) in [6, 6.07) is 7.93. The van der Waals surface area contributed by atoms with Crippen molar-refractivity contribution in [3.05, 3.63) is 35.4 Å². The number of aryl methyl sites for hydroxylation is 1. The van der Waals surface area contributed by atoms with Crippen LogP contribution in [0.25, 0.3) is 0 Å². The van der Waals surface area contributed by atoms with Gasteiger partial charge in [0, 0.05) is 11.8 Å². The molecule has 62 valence electrons. The molecule has 1 nitrogen and oxygen atoms in total. The van der Waals surface area contributed by atoms with E-state index in [1.165, 1.54) is 5.56 Å². The van der Waals surface area contributed by atoms with E-state index in [1.54, 1.807) is 5.37 Å². The summed E-state index contributed by atoms with van der Waals surface area (Å²) in [6.07, 6.45) is 2.35. The molecule has 0 saturated carbocycles. The first-order valence-corrected chi connectivity index (χ1v) is 4.31. The average Bonchev–Trinajstić information content (AvgIpc) is 2.15. The van der Waals surface area contributed by atoms with Gasteiger partial charge >= 0.3 is 0 Å². The summed E-state index contributed by atoms with van der Waals surface area (Å²) in [4.78, 5) is 10.1. The van der Waals surface area contributed by atoms with Gasteiger partial charge < -0.3 is 4.79 Å². The van der Waals surface area contributed by atoms with E-state index in [1.807, 2.05) is 24.3 Å². The summed E-state index contributed by atoms with van der Waals surface area (Å²) in [5, 5.41) is 1.64. The Kier molecular flexibility index (Phi) is 3.61. The molecule has 0 aliphatic heterocycles. The van der Waals surface area contributed by atoms with Crippen molar-refractivity contribution in [1.29, 1.82) is 0 Å². The molecule has 12 heavy (non-hydrogen) atoms. The van der Waals surface area contributed by atoms with Gasteiger partial charge in [0.15, 0.2) is 0 Å². The SMILES string of the molecule is O=CCCc1ccc(C=S)cc1. The minimum atomic E-state index is 0.594. The van der Waals surface area contributed by atoms with Crippen molar-refractivity contribution in [3.8, 4) is 0 Å². The van der Waals surface area contributed by atoms with Gasteiger partial charge in [-0.05, 0) is 17.5 Å². The molecule has 0 N–H and O–H groups in total. The van der Waals surface area contributed by atoms with Crippen molar-refractivity contribution < 1.29 is 4.79 Å². The zero-order valence-corrected chi connectivity index (χ0v) is 7.51. The lowest BCUT2D eigenvalue weighted by molar-refractivity contribution is -0.107. The largest absolute Gasteiger partial charge is 0.303 e. The molecule has 0 unspecified atom stereocenters. The molecule has 0 spiro atoms. The first kappa shape index (κ1) is 9.07. The Balaban J connectivity index is 2.64. The number of carbonyl (C=O) groups is 1. The van der Waals surface area contributed by atoms with E-state index in [2.05, 4.69) is 0 Å². The smallest absolute Gasteiger partial charge is 0.120 e. The highest BCUT2D eigenvalue weighted by atomic mass is 32.1. The van der Waals surface area contributed by atoms with Crippen LogP contribution in [0.2, 0.25) is 0 Å². The first-order valence-electron chi connectivity index (χ1n) is 3.84. The second-order valence-electron chi connectivity index (χ2n) is 2.56. The van der Waals surface area contributed by atoms with Gasteiger partial charge in [-0.1, -0.05) is 36.5 Å². The minimum Gasteiger partial charge on any atom is -0.303 e. The van der Waals surface area contributed by atoms with Crippen molar-refractivity contribution in [2.75, 3.05) is 0 Å². The molecule has 0 aliphatic rings. The van der Waals surface area contributed by atoms with Crippen LogP contribution in [0.15, 0.2) is 24.3 Å². The Morgan fingerprint density at radius 1 is 1.25 bits per heavy atom. The monoisotopic (exact) mass is 178 g/mol. The third kappa shape index (κ3) is 2.55. The Hall–Kier alpha value is -1.02. The summed E-state index contributed by atoms with van der Waals surface area (Å²) in [5.74, 6) is 0. The fourth-order valence-corrected chi connectivity index (χ4v) is 1.15. The van der Waals surface area contributed by atoms with Crippen LogP contribution in [-0.2, 0) is 11.2 Å². The molecule has 2 heteroatoms. The number of aldehydes is 1. The van der Waals surface area contributed by atoms with Gasteiger partial charge in [-0.2, -0.15) is 0 Å². The van der Waals surface area contributed by atoms with Crippen molar-refractivity contribution >= 4 is 23.9 Å². The maximum absolute atomic E-state index is 10.1. The maximum atomic E-state index is 10.1. The van der Waals surface area contributed by atoms with Crippen LogP contribution in [0.1, 0.15) is 17.5 Å². The fourth-order valence-electron chi connectivity index (χ4n) is 0.988. The Bertz CT molecular complexity index is 264. The van der Waals surface area contributed by atoms with Gasteiger partial charge in [0.05, 0.1) is 0 Å². The van der Waals surface area contributed by atoms with Crippen LogP contribution >= 0.6 is 12.2 Å². The average molecular weight is 178 g/mol. The first-order chi connectivity index (χ1) is 5.86. The highest BCUT2D eigenvalue weighted by Crippen LogP contribution is 2.04. The van der Waals surface area contributed by atoms with E-state index in [0.717, 1.165) is 18.3 Å². The van der Waals surface area contributed by atoms with Crippen LogP contribution in [0.5, 0.6) is 0 Å². The van der Waals surface area contributed by atoms with Gasteiger partial charge in [0.1, 0.15) is 6.29 Å².